The minimum atomic E-state index is -0.0799. The molecule has 21 heavy (non-hydrogen) atoms. The maximum Gasteiger partial charge on any atom is 0.310 e. The fourth-order valence-electron chi connectivity index (χ4n) is 3.20. The number of aromatic nitrogens is 1. The van der Waals surface area contributed by atoms with Crippen LogP contribution in [0.5, 0.6) is 0 Å². The van der Waals surface area contributed by atoms with E-state index in [4.69, 9.17) is 4.42 Å². The van der Waals surface area contributed by atoms with E-state index >= 15 is 0 Å². The predicted molar refractivity (Wildman–Crippen MR) is 77.8 cm³/mol. The number of carbonyl (C=O) groups is 1. The number of nitrogens with zero attached hydrogens (tertiary/aromatic N) is 3. The average molecular weight is 283 g/mol. The van der Waals surface area contributed by atoms with Gasteiger partial charge in [0.1, 0.15) is 0 Å². The van der Waals surface area contributed by atoms with Crippen molar-refractivity contribution in [2.24, 2.45) is 0 Å². The molecule has 3 heterocycles. The normalized spacial score (nSPS) is 24.3. The van der Waals surface area contributed by atoms with Gasteiger partial charge in [-0.3, -0.25) is 9.69 Å². The second kappa shape index (κ2) is 5.00. The van der Waals surface area contributed by atoms with Gasteiger partial charge in [-0.05, 0) is 6.42 Å². The molecule has 0 aliphatic carbocycles. The van der Waals surface area contributed by atoms with Crippen LogP contribution in [0.1, 0.15) is 17.1 Å². The largest absolute Gasteiger partial charge is 0.432 e. The molecule has 2 unspecified atom stereocenters. The Morgan fingerprint density at radius 1 is 1.19 bits per heavy atom. The Bertz CT molecular complexity index is 653. The van der Waals surface area contributed by atoms with Gasteiger partial charge in [0.2, 0.25) is 0 Å². The van der Waals surface area contributed by atoms with Crippen LogP contribution < -0.4 is 0 Å². The minimum absolute atomic E-state index is 0.0799. The van der Waals surface area contributed by atoms with E-state index in [1.807, 2.05) is 35.2 Å². The maximum absolute atomic E-state index is 12.6. The molecule has 0 radical (unpaired) electrons. The quantitative estimate of drug-likeness (QED) is 0.844. The van der Waals surface area contributed by atoms with Crippen LogP contribution in [0, 0.1) is 0 Å². The van der Waals surface area contributed by atoms with Gasteiger partial charge in [0.25, 0.3) is 5.89 Å². The lowest BCUT2D eigenvalue weighted by Crippen LogP contribution is -2.49. The smallest absolute Gasteiger partial charge is 0.310 e. The van der Waals surface area contributed by atoms with Crippen molar-refractivity contribution in [2.75, 3.05) is 26.2 Å². The molecule has 2 atom stereocenters. The highest BCUT2D eigenvalue weighted by molar-refractivity contribution is 5.90. The zero-order chi connectivity index (χ0) is 14.2. The van der Waals surface area contributed by atoms with Crippen molar-refractivity contribution < 1.29 is 9.21 Å². The Kier molecular flexibility index (Phi) is 3.00. The molecule has 0 N–H and O–H groups in total. The Morgan fingerprint density at radius 3 is 2.90 bits per heavy atom. The fourth-order valence-corrected chi connectivity index (χ4v) is 3.20. The van der Waals surface area contributed by atoms with Crippen molar-refractivity contribution in [1.29, 1.82) is 0 Å². The number of benzene rings is 1. The number of carbonyl (C=O) groups excluding carboxylic acids is 1. The van der Waals surface area contributed by atoms with E-state index in [1.165, 1.54) is 0 Å². The lowest BCUT2D eigenvalue weighted by Gasteiger charge is -2.33. The summed E-state index contributed by atoms with van der Waals surface area (Å²) >= 11 is 0. The molecule has 2 aliphatic rings. The van der Waals surface area contributed by atoms with Crippen molar-refractivity contribution in [2.45, 2.75) is 12.5 Å². The molecule has 2 aromatic rings. The molecule has 0 spiro atoms. The molecular weight excluding hydrogens is 266 g/mol. The lowest BCUT2D eigenvalue weighted by atomic mass is 10.2. The summed E-state index contributed by atoms with van der Waals surface area (Å²) in [6.07, 6.45) is 2.69. The van der Waals surface area contributed by atoms with Crippen molar-refractivity contribution in [1.82, 2.24) is 14.8 Å². The van der Waals surface area contributed by atoms with Gasteiger partial charge < -0.3 is 9.32 Å². The number of oxazole rings is 1. The first-order valence-corrected chi connectivity index (χ1v) is 7.36. The summed E-state index contributed by atoms with van der Waals surface area (Å²) < 4.78 is 5.68. The average Bonchev–Trinajstić information content (AvgIpc) is 3.15. The van der Waals surface area contributed by atoms with E-state index in [9.17, 15) is 4.79 Å². The zero-order valence-electron chi connectivity index (χ0n) is 11.7. The van der Waals surface area contributed by atoms with E-state index in [0.29, 0.717) is 11.8 Å². The van der Waals surface area contributed by atoms with E-state index in [1.54, 1.807) is 6.20 Å². The van der Waals surface area contributed by atoms with E-state index < -0.39 is 0 Å². The summed E-state index contributed by atoms with van der Waals surface area (Å²) in [5.41, 5.74) is 0.940. The molecule has 2 saturated heterocycles. The Balaban J connectivity index is 1.56. The molecule has 5 heteroatoms. The van der Waals surface area contributed by atoms with Gasteiger partial charge in [-0.2, -0.15) is 0 Å². The number of fused-ring (bicyclic) bond motifs is 2. The third-order valence-electron chi connectivity index (χ3n) is 4.35. The van der Waals surface area contributed by atoms with Gasteiger partial charge in [-0.1, -0.05) is 30.3 Å². The topological polar surface area (TPSA) is 49.6 Å². The van der Waals surface area contributed by atoms with Crippen LogP contribution in [0.15, 0.2) is 40.9 Å². The summed E-state index contributed by atoms with van der Waals surface area (Å²) in [7, 11) is 0. The second-order valence-electron chi connectivity index (χ2n) is 5.64. The third-order valence-corrected chi connectivity index (χ3v) is 4.35. The zero-order valence-corrected chi connectivity index (χ0v) is 11.7. The van der Waals surface area contributed by atoms with Crippen molar-refractivity contribution >= 4 is 5.91 Å². The molecule has 2 fully saturated rings. The molecule has 108 valence electrons. The van der Waals surface area contributed by atoms with Crippen LogP contribution in [0.3, 0.4) is 0 Å². The fraction of sp³-hybridized carbons (Fsp3) is 0.375. The first kappa shape index (κ1) is 12.6. The van der Waals surface area contributed by atoms with E-state index in [0.717, 1.165) is 38.2 Å². The maximum atomic E-state index is 12.6. The SMILES string of the molecule is O=C(c1ncc(-c2ccccc2)o1)N1CCN2CCC1C2. The Labute approximate surface area is 123 Å². The highest BCUT2D eigenvalue weighted by Crippen LogP contribution is 2.24. The van der Waals surface area contributed by atoms with Crippen LogP contribution in [0.4, 0.5) is 0 Å². The summed E-state index contributed by atoms with van der Waals surface area (Å²) in [4.78, 5) is 21.1. The van der Waals surface area contributed by atoms with Crippen LogP contribution >= 0.6 is 0 Å². The predicted octanol–water partition coefficient (Wildman–Crippen LogP) is 1.87. The minimum Gasteiger partial charge on any atom is -0.432 e. The van der Waals surface area contributed by atoms with Gasteiger partial charge in [0, 0.05) is 37.8 Å². The van der Waals surface area contributed by atoms with Gasteiger partial charge in [0.15, 0.2) is 5.76 Å². The van der Waals surface area contributed by atoms with Crippen LogP contribution in [-0.4, -0.2) is 52.9 Å². The van der Waals surface area contributed by atoms with Crippen molar-refractivity contribution in [3.63, 3.8) is 0 Å². The number of hydrogen-bond acceptors (Lipinski definition) is 4. The van der Waals surface area contributed by atoms with Crippen molar-refractivity contribution in [3.8, 4) is 11.3 Å². The first-order chi connectivity index (χ1) is 10.3. The molecule has 0 saturated carbocycles. The van der Waals surface area contributed by atoms with Gasteiger partial charge in [-0.15, -0.1) is 0 Å². The summed E-state index contributed by atoms with van der Waals surface area (Å²) in [6, 6.07) is 10.0. The molecule has 1 aromatic carbocycles. The number of amides is 1. The Morgan fingerprint density at radius 2 is 2.05 bits per heavy atom. The van der Waals surface area contributed by atoms with Crippen molar-refractivity contribution in [3.05, 3.63) is 42.4 Å². The highest BCUT2D eigenvalue weighted by atomic mass is 16.4. The number of hydrogen-bond donors (Lipinski definition) is 0. The summed E-state index contributed by atoms with van der Waals surface area (Å²) in [6.45, 7) is 3.80. The van der Waals surface area contributed by atoms with Gasteiger partial charge >= 0.3 is 5.91 Å². The first-order valence-electron chi connectivity index (χ1n) is 7.36. The van der Waals surface area contributed by atoms with E-state index in [-0.39, 0.29) is 11.8 Å². The van der Waals surface area contributed by atoms with Crippen LogP contribution in [0.25, 0.3) is 11.3 Å². The third kappa shape index (κ3) is 2.23. The molecule has 1 amide bonds. The van der Waals surface area contributed by atoms with Gasteiger partial charge in [0.05, 0.1) is 6.20 Å². The molecular formula is C16H17N3O2. The molecule has 4 rings (SSSR count). The van der Waals surface area contributed by atoms with Crippen LogP contribution in [-0.2, 0) is 0 Å². The number of piperazine rings is 1. The molecule has 2 bridgehead atoms. The molecule has 5 nitrogen and oxygen atoms in total. The molecule has 1 aromatic heterocycles. The second-order valence-corrected chi connectivity index (χ2v) is 5.64. The number of rotatable bonds is 2. The Hall–Kier alpha value is -2.14. The highest BCUT2D eigenvalue weighted by Gasteiger charge is 2.36. The summed E-state index contributed by atoms with van der Waals surface area (Å²) in [5, 5.41) is 0. The summed E-state index contributed by atoms with van der Waals surface area (Å²) in [5.74, 6) is 0.766. The van der Waals surface area contributed by atoms with Crippen LogP contribution in [0.2, 0.25) is 0 Å². The standard InChI is InChI=1S/C16H17N3O2/c20-16(19-9-8-18-7-6-13(19)11-18)15-17-10-14(21-15)12-4-2-1-3-5-12/h1-5,10,13H,6-9,11H2. The molecule has 2 aliphatic heterocycles. The van der Waals surface area contributed by atoms with Gasteiger partial charge in [-0.25, -0.2) is 4.98 Å². The lowest BCUT2D eigenvalue weighted by molar-refractivity contribution is 0.0570. The monoisotopic (exact) mass is 283 g/mol. The van der Waals surface area contributed by atoms with E-state index in [2.05, 4.69) is 9.88 Å².